The summed E-state index contributed by atoms with van der Waals surface area (Å²) in [6.07, 6.45) is 1.33. The predicted molar refractivity (Wildman–Crippen MR) is 114 cm³/mol. The predicted octanol–water partition coefficient (Wildman–Crippen LogP) is 5.07. The molecule has 1 aromatic heterocycles. The second kappa shape index (κ2) is 9.01. The zero-order valence-electron chi connectivity index (χ0n) is 15.2. The molecule has 140 valence electrons. The summed E-state index contributed by atoms with van der Waals surface area (Å²) in [7, 11) is 0. The van der Waals surface area contributed by atoms with Crippen LogP contribution in [0.15, 0.2) is 46.8 Å². The van der Waals surface area contributed by atoms with Crippen LogP contribution in [-0.2, 0) is 9.59 Å². The van der Waals surface area contributed by atoms with Crippen LogP contribution in [0.2, 0.25) is 0 Å². The first-order valence-electron chi connectivity index (χ1n) is 8.74. The van der Waals surface area contributed by atoms with Gasteiger partial charge in [-0.25, -0.2) is 4.98 Å². The smallest absolute Gasteiger partial charge is 0.234 e. The van der Waals surface area contributed by atoms with E-state index in [1.807, 2.05) is 56.3 Å². The minimum Gasteiger partial charge on any atom is -0.326 e. The van der Waals surface area contributed by atoms with Crippen molar-refractivity contribution in [3.8, 4) is 0 Å². The minimum atomic E-state index is -0.0546. The normalized spacial score (nSPS) is 10.7. The van der Waals surface area contributed by atoms with E-state index in [1.54, 1.807) is 0 Å². The largest absolute Gasteiger partial charge is 0.326 e. The first-order chi connectivity index (χ1) is 13.0. The molecule has 0 fully saturated rings. The Morgan fingerprint density at radius 2 is 1.93 bits per heavy atom. The molecule has 2 amide bonds. The summed E-state index contributed by atoms with van der Waals surface area (Å²) in [5.41, 5.74) is 3.52. The Morgan fingerprint density at radius 3 is 2.70 bits per heavy atom. The molecule has 0 spiro atoms. The lowest BCUT2D eigenvalue weighted by molar-refractivity contribution is -0.116. The zero-order valence-corrected chi connectivity index (χ0v) is 16.9. The van der Waals surface area contributed by atoms with E-state index in [4.69, 9.17) is 0 Å². The maximum atomic E-state index is 12.2. The van der Waals surface area contributed by atoms with E-state index in [-0.39, 0.29) is 11.8 Å². The third-order valence-electron chi connectivity index (χ3n) is 3.88. The molecule has 3 aromatic rings. The molecule has 0 aliphatic rings. The highest BCUT2D eigenvalue weighted by Gasteiger charge is 2.10. The molecular weight excluding hydrogens is 378 g/mol. The van der Waals surface area contributed by atoms with Crippen LogP contribution in [0, 0.1) is 6.92 Å². The zero-order chi connectivity index (χ0) is 19.2. The van der Waals surface area contributed by atoms with Crippen molar-refractivity contribution < 1.29 is 9.59 Å². The second-order valence-electron chi connectivity index (χ2n) is 6.11. The number of aromatic nitrogens is 1. The van der Waals surface area contributed by atoms with Gasteiger partial charge in [0.05, 0.1) is 16.0 Å². The number of carbonyl (C=O) groups excluding carboxylic acids is 2. The third kappa shape index (κ3) is 5.30. The Bertz CT molecular complexity index is 969. The highest BCUT2D eigenvalue weighted by molar-refractivity contribution is 8.01. The molecule has 2 N–H and O–H groups in total. The Kier molecular flexibility index (Phi) is 6.47. The molecule has 0 aliphatic heterocycles. The van der Waals surface area contributed by atoms with Crippen LogP contribution in [0.25, 0.3) is 10.2 Å². The number of anilines is 2. The van der Waals surface area contributed by atoms with Crippen molar-refractivity contribution in [2.75, 3.05) is 16.4 Å². The standard InChI is InChI=1S/C20H21N3O2S2/c1-3-6-18(24)21-14-9-10-16-17(11-14)27-20(23-16)26-12-19(25)22-15-8-5-4-7-13(15)2/h4-5,7-11H,3,6,12H2,1-2H3,(H,21,24)(H,22,25). The third-order valence-corrected chi connectivity index (χ3v) is 6.04. The molecule has 0 bridgehead atoms. The lowest BCUT2D eigenvalue weighted by Gasteiger charge is -2.06. The van der Waals surface area contributed by atoms with Gasteiger partial charge in [0.15, 0.2) is 4.34 Å². The molecule has 0 atom stereocenters. The van der Waals surface area contributed by atoms with Crippen LogP contribution in [0.5, 0.6) is 0 Å². The van der Waals surface area contributed by atoms with Crippen LogP contribution in [0.3, 0.4) is 0 Å². The summed E-state index contributed by atoms with van der Waals surface area (Å²) in [5.74, 6) is 0.263. The van der Waals surface area contributed by atoms with E-state index in [9.17, 15) is 9.59 Å². The summed E-state index contributed by atoms with van der Waals surface area (Å²) in [5, 5.41) is 5.82. The summed E-state index contributed by atoms with van der Waals surface area (Å²) < 4.78 is 1.83. The van der Waals surface area contributed by atoms with Gasteiger partial charge in [-0.15, -0.1) is 11.3 Å². The minimum absolute atomic E-state index is 0.0174. The molecule has 5 nitrogen and oxygen atoms in total. The molecule has 0 radical (unpaired) electrons. The topological polar surface area (TPSA) is 71.1 Å². The van der Waals surface area contributed by atoms with E-state index in [2.05, 4.69) is 15.6 Å². The van der Waals surface area contributed by atoms with Gasteiger partial charge >= 0.3 is 0 Å². The van der Waals surface area contributed by atoms with Gasteiger partial charge in [-0.1, -0.05) is 36.9 Å². The van der Waals surface area contributed by atoms with Crippen molar-refractivity contribution in [1.29, 1.82) is 0 Å². The maximum Gasteiger partial charge on any atom is 0.234 e. The van der Waals surface area contributed by atoms with Gasteiger partial charge in [0.25, 0.3) is 0 Å². The lowest BCUT2D eigenvalue weighted by Crippen LogP contribution is -2.14. The fourth-order valence-electron chi connectivity index (χ4n) is 2.52. The Labute approximate surface area is 166 Å². The highest BCUT2D eigenvalue weighted by Crippen LogP contribution is 2.31. The quantitative estimate of drug-likeness (QED) is 0.544. The van der Waals surface area contributed by atoms with E-state index in [1.165, 1.54) is 23.1 Å². The van der Waals surface area contributed by atoms with Gasteiger partial charge in [-0.05, 0) is 43.2 Å². The molecule has 0 unspecified atom stereocenters. The molecule has 0 saturated carbocycles. The first-order valence-corrected chi connectivity index (χ1v) is 10.5. The van der Waals surface area contributed by atoms with E-state index >= 15 is 0 Å². The molecule has 1 heterocycles. The molecule has 0 saturated heterocycles. The molecule has 27 heavy (non-hydrogen) atoms. The number of nitrogens with zero attached hydrogens (tertiary/aromatic N) is 1. The lowest BCUT2D eigenvalue weighted by atomic mass is 10.2. The molecular formula is C20H21N3O2S2. The molecule has 0 aliphatic carbocycles. The van der Waals surface area contributed by atoms with Gasteiger partial charge in [0.2, 0.25) is 11.8 Å². The molecule has 7 heteroatoms. The summed E-state index contributed by atoms with van der Waals surface area (Å²) in [4.78, 5) is 28.5. The number of hydrogen-bond acceptors (Lipinski definition) is 5. The number of rotatable bonds is 7. The van der Waals surface area contributed by atoms with Crippen molar-refractivity contribution in [3.63, 3.8) is 0 Å². The monoisotopic (exact) mass is 399 g/mol. The van der Waals surface area contributed by atoms with Crippen LogP contribution >= 0.6 is 23.1 Å². The van der Waals surface area contributed by atoms with E-state index in [0.29, 0.717) is 12.2 Å². The van der Waals surface area contributed by atoms with Gasteiger partial charge < -0.3 is 10.6 Å². The van der Waals surface area contributed by atoms with Crippen LogP contribution < -0.4 is 10.6 Å². The summed E-state index contributed by atoms with van der Waals surface area (Å²) >= 11 is 2.94. The van der Waals surface area contributed by atoms with E-state index in [0.717, 1.165) is 37.9 Å². The van der Waals surface area contributed by atoms with Crippen molar-refractivity contribution in [1.82, 2.24) is 4.98 Å². The number of para-hydroxylation sites is 1. The Hall–Kier alpha value is -2.38. The fourth-order valence-corrected chi connectivity index (χ4v) is 4.43. The average molecular weight is 400 g/mol. The second-order valence-corrected chi connectivity index (χ2v) is 8.37. The van der Waals surface area contributed by atoms with Crippen LogP contribution in [0.1, 0.15) is 25.3 Å². The summed E-state index contributed by atoms with van der Waals surface area (Å²) in [6, 6.07) is 13.4. The maximum absolute atomic E-state index is 12.2. The number of carbonyl (C=O) groups is 2. The van der Waals surface area contributed by atoms with Crippen molar-refractivity contribution >= 4 is 56.5 Å². The van der Waals surface area contributed by atoms with Crippen LogP contribution in [-0.4, -0.2) is 22.6 Å². The van der Waals surface area contributed by atoms with Gasteiger partial charge in [0.1, 0.15) is 0 Å². The number of nitrogens with one attached hydrogen (secondary N) is 2. The Balaban J connectivity index is 1.61. The SMILES string of the molecule is CCCC(=O)Nc1ccc2nc(SCC(=O)Nc3ccccc3C)sc2c1. The molecule has 3 rings (SSSR count). The Morgan fingerprint density at radius 1 is 1.11 bits per heavy atom. The average Bonchev–Trinajstić information content (AvgIpc) is 3.04. The number of thioether (sulfide) groups is 1. The van der Waals surface area contributed by atoms with Crippen molar-refractivity contribution in [2.45, 2.75) is 31.0 Å². The van der Waals surface area contributed by atoms with Gasteiger partial charge in [0, 0.05) is 17.8 Å². The van der Waals surface area contributed by atoms with Gasteiger partial charge in [-0.3, -0.25) is 9.59 Å². The first kappa shape index (κ1) is 19.4. The fraction of sp³-hybridized carbons (Fsp3) is 0.250. The van der Waals surface area contributed by atoms with Crippen molar-refractivity contribution in [2.24, 2.45) is 0 Å². The number of thiazole rings is 1. The van der Waals surface area contributed by atoms with Crippen LogP contribution in [0.4, 0.5) is 11.4 Å². The van der Waals surface area contributed by atoms with Crippen molar-refractivity contribution in [3.05, 3.63) is 48.0 Å². The van der Waals surface area contributed by atoms with Gasteiger partial charge in [-0.2, -0.15) is 0 Å². The highest BCUT2D eigenvalue weighted by atomic mass is 32.2. The summed E-state index contributed by atoms with van der Waals surface area (Å²) in [6.45, 7) is 3.94. The number of aryl methyl sites for hydroxylation is 1. The van der Waals surface area contributed by atoms with E-state index < -0.39 is 0 Å². The number of hydrogen-bond donors (Lipinski definition) is 2. The molecule has 2 aromatic carbocycles. The number of amides is 2. The number of benzene rings is 2. The number of fused-ring (bicyclic) bond motifs is 1.